The van der Waals surface area contributed by atoms with Crippen LogP contribution in [0.4, 0.5) is 0 Å². The molecule has 1 saturated carbocycles. The summed E-state index contributed by atoms with van der Waals surface area (Å²) in [6.07, 6.45) is 7.62. The van der Waals surface area contributed by atoms with Crippen LogP contribution in [0.15, 0.2) is 27.1 Å². The number of aromatic nitrogens is 3. The van der Waals surface area contributed by atoms with E-state index >= 15 is 0 Å². The molecule has 122 valence electrons. The molecule has 0 radical (unpaired) electrons. The lowest BCUT2D eigenvalue weighted by Gasteiger charge is -2.20. The summed E-state index contributed by atoms with van der Waals surface area (Å²) in [4.78, 5) is 10.8. The first-order valence-corrected chi connectivity index (χ1v) is 9.53. The summed E-state index contributed by atoms with van der Waals surface area (Å²) < 4.78 is 1.72. The zero-order valence-electron chi connectivity index (χ0n) is 12.6. The van der Waals surface area contributed by atoms with Crippen molar-refractivity contribution >= 4 is 35.3 Å². The number of rotatable bonds is 6. The topological polar surface area (TPSA) is 80.4 Å². The number of carbonyl (C=O) groups is 1. The highest BCUT2D eigenvalue weighted by Gasteiger charge is 2.23. The van der Waals surface area contributed by atoms with Gasteiger partial charge in [-0.25, -0.2) is 0 Å². The first-order chi connectivity index (χ1) is 11.2. The quantitative estimate of drug-likeness (QED) is 0.637. The molecular weight excluding hydrogens is 332 g/mol. The standard InChI is InChI=1S/C15H18N4O2S2/c20-13(21)10-23-15-18-17-14(12-4-2-1-3-5-12)19(15)16-8-11-6-7-22-9-11/h6-9,12H,1-5,10H2,(H,20,21)/b16-8-. The maximum atomic E-state index is 10.8. The van der Waals surface area contributed by atoms with Gasteiger partial charge in [-0.05, 0) is 29.7 Å². The second kappa shape index (κ2) is 7.74. The molecule has 2 heterocycles. The number of hydrogen-bond acceptors (Lipinski definition) is 6. The Hall–Kier alpha value is -1.67. The molecule has 0 bridgehead atoms. The second-order valence-corrected chi connectivity index (χ2v) is 7.19. The van der Waals surface area contributed by atoms with E-state index in [0.717, 1.165) is 36.0 Å². The average molecular weight is 350 g/mol. The predicted octanol–water partition coefficient (Wildman–Crippen LogP) is 3.45. The van der Waals surface area contributed by atoms with Gasteiger partial charge in [0.15, 0.2) is 5.82 Å². The van der Waals surface area contributed by atoms with Crippen molar-refractivity contribution in [2.45, 2.75) is 43.2 Å². The van der Waals surface area contributed by atoms with Crippen molar-refractivity contribution in [2.24, 2.45) is 5.10 Å². The van der Waals surface area contributed by atoms with Gasteiger partial charge in [0.2, 0.25) is 5.16 Å². The van der Waals surface area contributed by atoms with E-state index in [9.17, 15) is 4.79 Å². The summed E-state index contributed by atoms with van der Waals surface area (Å²) >= 11 is 2.77. The Bertz CT molecular complexity index is 676. The lowest BCUT2D eigenvalue weighted by Crippen LogP contribution is -2.11. The Morgan fingerprint density at radius 2 is 2.26 bits per heavy atom. The molecule has 0 spiro atoms. The first kappa shape index (κ1) is 16.2. The third-order valence-electron chi connectivity index (χ3n) is 3.80. The maximum absolute atomic E-state index is 10.8. The highest BCUT2D eigenvalue weighted by Crippen LogP contribution is 2.33. The van der Waals surface area contributed by atoms with Crippen LogP contribution in [0.2, 0.25) is 0 Å². The smallest absolute Gasteiger partial charge is 0.313 e. The highest BCUT2D eigenvalue weighted by molar-refractivity contribution is 7.99. The first-order valence-electron chi connectivity index (χ1n) is 7.60. The molecule has 1 N–H and O–H groups in total. The van der Waals surface area contributed by atoms with Crippen LogP contribution in [0.1, 0.15) is 49.4 Å². The number of carboxylic acid groups (broad SMARTS) is 1. The zero-order valence-corrected chi connectivity index (χ0v) is 14.2. The summed E-state index contributed by atoms with van der Waals surface area (Å²) in [5.41, 5.74) is 1.02. The Kier molecular flexibility index (Phi) is 5.45. The Labute approximate surface area is 142 Å². The fourth-order valence-corrected chi connectivity index (χ4v) is 3.91. The summed E-state index contributed by atoms with van der Waals surface area (Å²) in [6, 6.07) is 1.99. The van der Waals surface area contributed by atoms with Gasteiger partial charge in [0.1, 0.15) is 0 Å². The van der Waals surface area contributed by atoms with Gasteiger partial charge in [0.05, 0.1) is 12.0 Å². The minimum atomic E-state index is -0.870. The molecule has 0 aromatic carbocycles. The van der Waals surface area contributed by atoms with Gasteiger partial charge in [0, 0.05) is 11.5 Å². The van der Waals surface area contributed by atoms with Crippen LogP contribution in [0.5, 0.6) is 0 Å². The fourth-order valence-electron chi connectivity index (χ4n) is 2.69. The van der Waals surface area contributed by atoms with E-state index in [1.807, 2.05) is 16.8 Å². The van der Waals surface area contributed by atoms with Crippen LogP contribution >= 0.6 is 23.1 Å². The van der Waals surface area contributed by atoms with Crippen LogP contribution in [0, 0.1) is 0 Å². The molecule has 1 aliphatic rings. The van der Waals surface area contributed by atoms with E-state index in [1.54, 1.807) is 22.2 Å². The largest absolute Gasteiger partial charge is 0.481 e. The van der Waals surface area contributed by atoms with E-state index in [-0.39, 0.29) is 5.75 Å². The van der Waals surface area contributed by atoms with Crippen LogP contribution in [-0.4, -0.2) is 37.9 Å². The highest BCUT2D eigenvalue weighted by atomic mass is 32.2. The number of hydrogen-bond donors (Lipinski definition) is 1. The molecule has 1 aliphatic carbocycles. The lowest BCUT2D eigenvalue weighted by atomic mass is 9.89. The van der Waals surface area contributed by atoms with Crippen molar-refractivity contribution in [3.05, 3.63) is 28.2 Å². The van der Waals surface area contributed by atoms with Gasteiger partial charge in [0.25, 0.3) is 0 Å². The molecule has 0 unspecified atom stereocenters. The van der Waals surface area contributed by atoms with E-state index < -0.39 is 5.97 Å². The molecule has 8 heteroatoms. The van der Waals surface area contributed by atoms with Gasteiger partial charge in [-0.3, -0.25) is 4.79 Å². The summed E-state index contributed by atoms with van der Waals surface area (Å²) in [5, 5.41) is 26.4. The van der Waals surface area contributed by atoms with Crippen LogP contribution in [0.3, 0.4) is 0 Å². The lowest BCUT2D eigenvalue weighted by molar-refractivity contribution is -0.133. The minimum absolute atomic E-state index is 0.0449. The molecule has 0 atom stereocenters. The predicted molar refractivity (Wildman–Crippen MR) is 91.5 cm³/mol. The molecule has 0 amide bonds. The van der Waals surface area contributed by atoms with Crippen LogP contribution < -0.4 is 0 Å². The molecule has 6 nitrogen and oxygen atoms in total. The molecule has 2 aromatic heterocycles. The second-order valence-electron chi connectivity index (χ2n) is 5.47. The van der Waals surface area contributed by atoms with Gasteiger partial charge < -0.3 is 5.11 Å². The Balaban J connectivity index is 1.87. The third kappa shape index (κ3) is 4.20. The van der Waals surface area contributed by atoms with Gasteiger partial charge in [-0.15, -0.1) is 10.2 Å². The number of thioether (sulfide) groups is 1. The average Bonchev–Trinajstić information content (AvgIpc) is 3.21. The molecular formula is C15H18N4O2S2. The monoisotopic (exact) mass is 350 g/mol. The van der Waals surface area contributed by atoms with Crippen molar-refractivity contribution < 1.29 is 9.90 Å². The number of carboxylic acids is 1. The summed E-state index contributed by atoms with van der Waals surface area (Å²) in [5.74, 6) is 0.293. The van der Waals surface area contributed by atoms with Crippen molar-refractivity contribution in [1.29, 1.82) is 0 Å². The summed E-state index contributed by atoms with van der Waals surface area (Å²) in [6.45, 7) is 0. The molecule has 0 aliphatic heterocycles. The number of thiophene rings is 1. The van der Waals surface area contributed by atoms with Gasteiger partial charge in [-0.1, -0.05) is 31.0 Å². The summed E-state index contributed by atoms with van der Waals surface area (Å²) in [7, 11) is 0. The third-order valence-corrected chi connectivity index (χ3v) is 5.40. The van der Waals surface area contributed by atoms with Crippen molar-refractivity contribution in [3.8, 4) is 0 Å². The number of nitrogens with zero attached hydrogens (tertiary/aromatic N) is 4. The Morgan fingerprint density at radius 3 is 2.96 bits per heavy atom. The molecule has 0 saturated heterocycles. The van der Waals surface area contributed by atoms with E-state index in [2.05, 4.69) is 15.3 Å². The normalized spacial score (nSPS) is 16.2. The zero-order chi connectivity index (χ0) is 16.1. The fraction of sp³-hybridized carbons (Fsp3) is 0.467. The molecule has 1 fully saturated rings. The van der Waals surface area contributed by atoms with Crippen molar-refractivity contribution in [3.63, 3.8) is 0 Å². The molecule has 3 rings (SSSR count). The van der Waals surface area contributed by atoms with E-state index in [1.165, 1.54) is 19.3 Å². The Morgan fingerprint density at radius 1 is 1.43 bits per heavy atom. The van der Waals surface area contributed by atoms with Crippen molar-refractivity contribution in [1.82, 2.24) is 14.9 Å². The molecule has 2 aromatic rings. The van der Waals surface area contributed by atoms with Crippen molar-refractivity contribution in [2.75, 3.05) is 5.75 Å². The van der Waals surface area contributed by atoms with Gasteiger partial charge >= 0.3 is 5.97 Å². The minimum Gasteiger partial charge on any atom is -0.481 e. The SMILES string of the molecule is O=C(O)CSc1nnc(C2CCCCC2)n1/N=C\c1ccsc1. The van der Waals surface area contributed by atoms with E-state index in [4.69, 9.17) is 5.11 Å². The van der Waals surface area contributed by atoms with Gasteiger partial charge in [-0.2, -0.15) is 21.1 Å². The van der Waals surface area contributed by atoms with Crippen LogP contribution in [0.25, 0.3) is 0 Å². The number of aliphatic carboxylic acids is 1. The maximum Gasteiger partial charge on any atom is 0.313 e. The molecule has 23 heavy (non-hydrogen) atoms. The van der Waals surface area contributed by atoms with E-state index in [0.29, 0.717) is 11.1 Å². The van der Waals surface area contributed by atoms with Crippen LogP contribution in [-0.2, 0) is 4.79 Å².